The molecule has 3 N–H and O–H groups in total. The second-order valence-corrected chi connectivity index (χ2v) is 5.71. The average molecular weight is 278 g/mol. The minimum Gasteiger partial charge on any atom is -0.460 e. The average Bonchev–Trinajstić information content (AvgIpc) is 2.41. The third-order valence-corrected chi connectivity index (χ3v) is 2.87. The van der Waals surface area contributed by atoms with Crippen molar-refractivity contribution in [2.24, 2.45) is 11.1 Å². The lowest BCUT2D eigenvalue weighted by Crippen LogP contribution is -2.49. The zero-order valence-electron chi connectivity index (χ0n) is 12.2. The zero-order chi connectivity index (χ0) is 15.2. The smallest absolute Gasteiger partial charge is 0.325 e. The van der Waals surface area contributed by atoms with Crippen molar-refractivity contribution in [1.29, 1.82) is 0 Å². The number of carbonyl (C=O) groups is 2. The number of nitrogens with two attached hydrogens (primary N) is 1. The second kappa shape index (κ2) is 7.05. The summed E-state index contributed by atoms with van der Waals surface area (Å²) in [6.07, 6.45) is 0. The molecule has 0 aliphatic carbocycles. The minimum absolute atomic E-state index is 0.171. The summed E-state index contributed by atoms with van der Waals surface area (Å²) < 4.78 is 5.05. The van der Waals surface area contributed by atoms with E-state index >= 15 is 0 Å². The van der Waals surface area contributed by atoms with Crippen molar-refractivity contribution in [3.63, 3.8) is 0 Å². The topological polar surface area (TPSA) is 81.4 Å². The molecule has 5 heteroatoms. The van der Waals surface area contributed by atoms with Gasteiger partial charge in [-0.2, -0.15) is 0 Å². The van der Waals surface area contributed by atoms with Crippen molar-refractivity contribution in [2.45, 2.75) is 33.4 Å². The van der Waals surface area contributed by atoms with Gasteiger partial charge in [0.05, 0.1) is 6.04 Å². The fraction of sp³-hybridized carbons (Fsp3) is 0.467. The van der Waals surface area contributed by atoms with Gasteiger partial charge in [0, 0.05) is 0 Å². The Balaban J connectivity index is 2.32. The lowest BCUT2D eigenvalue weighted by molar-refractivity contribution is -0.145. The summed E-state index contributed by atoms with van der Waals surface area (Å²) in [5, 5.41) is 2.49. The number of nitrogens with one attached hydrogen (secondary N) is 1. The van der Waals surface area contributed by atoms with E-state index in [-0.39, 0.29) is 24.5 Å². The molecule has 0 aromatic heterocycles. The van der Waals surface area contributed by atoms with Crippen molar-refractivity contribution in [3.8, 4) is 0 Å². The number of hydrogen-bond donors (Lipinski definition) is 2. The van der Waals surface area contributed by atoms with Gasteiger partial charge in [-0.25, -0.2) is 0 Å². The zero-order valence-corrected chi connectivity index (χ0v) is 12.2. The molecule has 0 bridgehead atoms. The molecule has 1 amide bonds. The summed E-state index contributed by atoms with van der Waals surface area (Å²) >= 11 is 0. The first-order valence-electron chi connectivity index (χ1n) is 6.53. The number of carbonyl (C=O) groups excluding carboxylic acids is 2. The van der Waals surface area contributed by atoms with Gasteiger partial charge in [0.2, 0.25) is 5.91 Å². The summed E-state index contributed by atoms with van der Waals surface area (Å²) in [5.41, 5.74) is 6.33. The van der Waals surface area contributed by atoms with Crippen LogP contribution in [0.2, 0.25) is 0 Å². The van der Waals surface area contributed by atoms with Crippen LogP contribution in [0.15, 0.2) is 30.3 Å². The normalized spacial score (nSPS) is 12.6. The molecule has 0 heterocycles. The lowest BCUT2D eigenvalue weighted by atomic mass is 9.87. The Kier molecular flexibility index (Phi) is 5.70. The Labute approximate surface area is 119 Å². The molecule has 0 fully saturated rings. The second-order valence-electron chi connectivity index (χ2n) is 5.71. The van der Waals surface area contributed by atoms with Gasteiger partial charge in [0.15, 0.2) is 0 Å². The molecule has 0 saturated heterocycles. The fourth-order valence-corrected chi connectivity index (χ4v) is 1.45. The van der Waals surface area contributed by atoms with Crippen LogP contribution in [0.25, 0.3) is 0 Å². The monoisotopic (exact) mass is 278 g/mol. The van der Waals surface area contributed by atoms with Crippen molar-refractivity contribution in [3.05, 3.63) is 35.9 Å². The summed E-state index contributed by atoms with van der Waals surface area (Å²) in [7, 11) is 0. The number of benzene rings is 1. The maximum absolute atomic E-state index is 11.7. The van der Waals surface area contributed by atoms with Crippen LogP contribution in [0.4, 0.5) is 0 Å². The predicted octanol–water partition coefficient (Wildman–Crippen LogP) is 1.22. The van der Waals surface area contributed by atoms with Gasteiger partial charge in [-0.15, -0.1) is 0 Å². The number of hydrogen-bond acceptors (Lipinski definition) is 4. The van der Waals surface area contributed by atoms with E-state index in [0.29, 0.717) is 0 Å². The number of esters is 1. The molecule has 20 heavy (non-hydrogen) atoms. The summed E-state index contributed by atoms with van der Waals surface area (Å²) in [6.45, 7) is 5.62. The van der Waals surface area contributed by atoms with E-state index in [0.717, 1.165) is 5.56 Å². The van der Waals surface area contributed by atoms with E-state index in [4.69, 9.17) is 10.5 Å². The SMILES string of the molecule is CC(C)(C)C(N)C(=O)NCC(=O)OCc1ccccc1. The van der Waals surface area contributed by atoms with E-state index in [1.54, 1.807) is 0 Å². The summed E-state index contributed by atoms with van der Waals surface area (Å²) in [6, 6.07) is 8.69. The maximum atomic E-state index is 11.7. The first-order chi connectivity index (χ1) is 9.30. The molecule has 1 unspecified atom stereocenters. The number of ether oxygens (including phenoxy) is 1. The van der Waals surface area contributed by atoms with Gasteiger partial charge in [-0.3, -0.25) is 9.59 Å². The van der Waals surface area contributed by atoms with Crippen LogP contribution in [0.5, 0.6) is 0 Å². The van der Waals surface area contributed by atoms with Crippen molar-refractivity contribution in [2.75, 3.05) is 6.54 Å². The van der Waals surface area contributed by atoms with Crippen LogP contribution in [0, 0.1) is 5.41 Å². The van der Waals surface area contributed by atoms with Crippen LogP contribution in [-0.4, -0.2) is 24.5 Å². The first kappa shape index (κ1) is 16.2. The van der Waals surface area contributed by atoms with E-state index in [1.165, 1.54) is 0 Å². The number of amides is 1. The van der Waals surface area contributed by atoms with Gasteiger partial charge in [-0.1, -0.05) is 51.1 Å². The molecule has 5 nitrogen and oxygen atoms in total. The van der Waals surface area contributed by atoms with Crippen molar-refractivity contribution < 1.29 is 14.3 Å². The van der Waals surface area contributed by atoms with E-state index in [2.05, 4.69) is 5.32 Å². The molecule has 1 rings (SSSR count). The molecule has 110 valence electrons. The third-order valence-electron chi connectivity index (χ3n) is 2.87. The first-order valence-corrected chi connectivity index (χ1v) is 6.53. The molecule has 1 atom stereocenters. The molecule has 0 spiro atoms. The standard InChI is InChI=1S/C15H22N2O3/c1-15(2,3)13(16)14(19)17-9-12(18)20-10-11-7-5-4-6-8-11/h4-8,13H,9-10,16H2,1-3H3,(H,17,19). The highest BCUT2D eigenvalue weighted by atomic mass is 16.5. The molecule has 0 aliphatic rings. The van der Waals surface area contributed by atoms with Gasteiger partial charge >= 0.3 is 5.97 Å². The maximum Gasteiger partial charge on any atom is 0.325 e. The Morgan fingerprint density at radius 2 is 1.85 bits per heavy atom. The highest BCUT2D eigenvalue weighted by molar-refractivity contribution is 5.86. The Morgan fingerprint density at radius 3 is 2.40 bits per heavy atom. The Hall–Kier alpha value is -1.88. The Morgan fingerprint density at radius 1 is 1.25 bits per heavy atom. The fourth-order valence-electron chi connectivity index (χ4n) is 1.45. The highest BCUT2D eigenvalue weighted by Gasteiger charge is 2.27. The van der Waals surface area contributed by atoms with Gasteiger partial charge < -0.3 is 15.8 Å². The third kappa shape index (κ3) is 5.40. The quantitative estimate of drug-likeness (QED) is 0.793. The largest absolute Gasteiger partial charge is 0.460 e. The van der Waals surface area contributed by atoms with Gasteiger partial charge in [0.25, 0.3) is 0 Å². The highest BCUT2D eigenvalue weighted by Crippen LogP contribution is 2.16. The molecule has 0 aliphatic heterocycles. The molecule has 1 aromatic carbocycles. The van der Waals surface area contributed by atoms with Crippen LogP contribution in [0.3, 0.4) is 0 Å². The van der Waals surface area contributed by atoms with Crippen molar-refractivity contribution in [1.82, 2.24) is 5.32 Å². The summed E-state index contributed by atoms with van der Waals surface area (Å²) in [4.78, 5) is 23.2. The molecule has 0 radical (unpaired) electrons. The predicted molar refractivity (Wildman–Crippen MR) is 76.7 cm³/mol. The van der Waals surface area contributed by atoms with Gasteiger partial charge in [-0.05, 0) is 11.0 Å². The van der Waals surface area contributed by atoms with Gasteiger partial charge in [0.1, 0.15) is 13.2 Å². The summed E-state index contributed by atoms with van der Waals surface area (Å²) in [5.74, 6) is -0.836. The molecule has 1 aromatic rings. The van der Waals surface area contributed by atoms with Crippen LogP contribution in [0.1, 0.15) is 26.3 Å². The minimum atomic E-state index is -0.663. The van der Waals surface area contributed by atoms with Crippen LogP contribution < -0.4 is 11.1 Å². The van der Waals surface area contributed by atoms with Crippen LogP contribution >= 0.6 is 0 Å². The Bertz CT molecular complexity index is 452. The lowest BCUT2D eigenvalue weighted by Gasteiger charge is -2.25. The number of rotatable bonds is 5. The van der Waals surface area contributed by atoms with E-state index in [9.17, 15) is 9.59 Å². The molecular weight excluding hydrogens is 256 g/mol. The van der Waals surface area contributed by atoms with Crippen LogP contribution in [-0.2, 0) is 20.9 Å². The molecular formula is C15H22N2O3. The van der Waals surface area contributed by atoms with E-state index in [1.807, 2.05) is 51.1 Å². The van der Waals surface area contributed by atoms with E-state index < -0.39 is 12.0 Å². The van der Waals surface area contributed by atoms with Crippen molar-refractivity contribution >= 4 is 11.9 Å². The molecule has 0 saturated carbocycles.